The van der Waals surface area contributed by atoms with Gasteiger partial charge in [-0.25, -0.2) is 4.79 Å². The maximum Gasteiger partial charge on any atom is 0.407 e. The number of ether oxygens (including phenoxy) is 1. The summed E-state index contributed by atoms with van der Waals surface area (Å²) in [4.78, 5) is 21.8. The lowest BCUT2D eigenvalue weighted by Crippen LogP contribution is -2.45. The van der Waals surface area contributed by atoms with Gasteiger partial charge in [0.1, 0.15) is 5.60 Å². The van der Waals surface area contributed by atoms with E-state index in [2.05, 4.69) is 5.32 Å². The molecular formula is C10H19NO5. The molecule has 0 spiro atoms. The van der Waals surface area contributed by atoms with Crippen molar-refractivity contribution in [3.63, 3.8) is 0 Å². The zero-order valence-electron chi connectivity index (χ0n) is 9.98. The Morgan fingerprint density at radius 2 is 1.88 bits per heavy atom. The second-order valence-corrected chi connectivity index (χ2v) is 4.59. The standard InChI is InChI=1S/C10H19NO5/c1-6(12)7(5-8(13)14)11-9(15)16-10(2,3)4/h6-7,12H,5H2,1-4H3,(H,11,15)(H,13,14)/t6-,7-/m1/s1. The molecule has 6 heteroatoms. The van der Waals surface area contributed by atoms with Gasteiger partial charge in [-0.15, -0.1) is 0 Å². The predicted octanol–water partition coefficient (Wildman–Crippen LogP) is 0.735. The van der Waals surface area contributed by atoms with Crippen molar-refractivity contribution in [3.8, 4) is 0 Å². The Balaban J connectivity index is 4.30. The number of aliphatic carboxylic acids is 1. The minimum absolute atomic E-state index is 0.350. The van der Waals surface area contributed by atoms with Crippen molar-refractivity contribution in [2.45, 2.75) is 51.9 Å². The summed E-state index contributed by atoms with van der Waals surface area (Å²) in [5, 5.41) is 20.2. The summed E-state index contributed by atoms with van der Waals surface area (Å²) in [6.07, 6.45) is -2.04. The molecule has 2 atom stereocenters. The molecule has 0 aliphatic carbocycles. The first-order chi connectivity index (χ1) is 7.11. The van der Waals surface area contributed by atoms with Gasteiger partial charge in [-0.2, -0.15) is 0 Å². The summed E-state index contributed by atoms with van der Waals surface area (Å²) in [6.45, 7) is 6.49. The van der Waals surface area contributed by atoms with Gasteiger partial charge < -0.3 is 20.3 Å². The van der Waals surface area contributed by atoms with Crippen LogP contribution in [0.5, 0.6) is 0 Å². The van der Waals surface area contributed by atoms with E-state index in [1.165, 1.54) is 6.92 Å². The van der Waals surface area contributed by atoms with Crippen molar-refractivity contribution >= 4 is 12.1 Å². The van der Waals surface area contributed by atoms with Gasteiger partial charge in [0, 0.05) is 0 Å². The number of carboxylic acids is 1. The smallest absolute Gasteiger partial charge is 0.407 e. The molecule has 3 N–H and O–H groups in total. The van der Waals surface area contributed by atoms with E-state index in [0.717, 1.165) is 0 Å². The van der Waals surface area contributed by atoms with Crippen molar-refractivity contribution in [3.05, 3.63) is 0 Å². The van der Waals surface area contributed by atoms with E-state index in [1.807, 2.05) is 0 Å². The molecule has 0 aromatic heterocycles. The van der Waals surface area contributed by atoms with Crippen molar-refractivity contribution < 1.29 is 24.5 Å². The molecule has 16 heavy (non-hydrogen) atoms. The number of hydrogen-bond acceptors (Lipinski definition) is 4. The van der Waals surface area contributed by atoms with E-state index in [4.69, 9.17) is 9.84 Å². The predicted molar refractivity (Wildman–Crippen MR) is 57.1 cm³/mol. The third kappa shape index (κ3) is 7.05. The highest BCUT2D eigenvalue weighted by Gasteiger charge is 2.24. The molecule has 0 aliphatic heterocycles. The van der Waals surface area contributed by atoms with Gasteiger partial charge in [-0.1, -0.05) is 0 Å². The summed E-state index contributed by atoms with van der Waals surface area (Å²) in [5.74, 6) is -1.10. The molecular weight excluding hydrogens is 214 g/mol. The van der Waals surface area contributed by atoms with E-state index < -0.39 is 29.8 Å². The number of aliphatic hydroxyl groups excluding tert-OH is 1. The van der Waals surface area contributed by atoms with Crippen LogP contribution in [0.15, 0.2) is 0 Å². The lowest BCUT2D eigenvalue weighted by Gasteiger charge is -2.24. The highest BCUT2D eigenvalue weighted by atomic mass is 16.6. The minimum Gasteiger partial charge on any atom is -0.481 e. The van der Waals surface area contributed by atoms with Crippen molar-refractivity contribution in [2.75, 3.05) is 0 Å². The van der Waals surface area contributed by atoms with Crippen LogP contribution in [-0.2, 0) is 9.53 Å². The van der Waals surface area contributed by atoms with Crippen molar-refractivity contribution in [1.82, 2.24) is 5.32 Å². The third-order valence-electron chi connectivity index (χ3n) is 1.68. The summed E-state index contributed by atoms with van der Waals surface area (Å²) in [6, 6.07) is -0.854. The van der Waals surface area contributed by atoms with Crippen molar-refractivity contribution in [1.29, 1.82) is 0 Å². The largest absolute Gasteiger partial charge is 0.481 e. The maximum atomic E-state index is 11.3. The Bertz CT molecular complexity index is 256. The number of alkyl carbamates (subject to hydrolysis) is 1. The van der Waals surface area contributed by atoms with E-state index in [-0.39, 0.29) is 6.42 Å². The molecule has 0 saturated heterocycles. The zero-order chi connectivity index (χ0) is 12.9. The fourth-order valence-electron chi connectivity index (χ4n) is 0.989. The second-order valence-electron chi connectivity index (χ2n) is 4.59. The Morgan fingerprint density at radius 3 is 2.19 bits per heavy atom. The van der Waals surface area contributed by atoms with Crippen LogP contribution in [0.25, 0.3) is 0 Å². The molecule has 6 nitrogen and oxygen atoms in total. The monoisotopic (exact) mass is 233 g/mol. The Labute approximate surface area is 94.6 Å². The fourth-order valence-corrected chi connectivity index (χ4v) is 0.989. The fraction of sp³-hybridized carbons (Fsp3) is 0.800. The van der Waals surface area contributed by atoms with Gasteiger partial charge in [0.05, 0.1) is 18.6 Å². The first-order valence-corrected chi connectivity index (χ1v) is 5.01. The molecule has 0 aliphatic rings. The molecule has 0 unspecified atom stereocenters. The highest BCUT2D eigenvalue weighted by Crippen LogP contribution is 2.08. The maximum absolute atomic E-state index is 11.3. The molecule has 0 aromatic rings. The summed E-state index contributed by atoms with van der Waals surface area (Å²) in [7, 11) is 0. The molecule has 0 aromatic carbocycles. The number of nitrogens with one attached hydrogen (secondary N) is 1. The molecule has 0 rings (SSSR count). The lowest BCUT2D eigenvalue weighted by atomic mass is 10.1. The van der Waals surface area contributed by atoms with Gasteiger partial charge in [0.15, 0.2) is 0 Å². The Morgan fingerprint density at radius 1 is 1.38 bits per heavy atom. The van der Waals surface area contributed by atoms with E-state index in [1.54, 1.807) is 20.8 Å². The quantitative estimate of drug-likeness (QED) is 0.665. The first-order valence-electron chi connectivity index (χ1n) is 5.01. The van der Waals surface area contributed by atoms with Gasteiger partial charge in [0.2, 0.25) is 0 Å². The van der Waals surface area contributed by atoms with E-state index in [0.29, 0.717) is 0 Å². The van der Waals surface area contributed by atoms with Crippen LogP contribution in [-0.4, -0.2) is 40.0 Å². The number of aliphatic hydroxyl groups is 1. The Kier molecular flexibility index (Phi) is 5.23. The van der Waals surface area contributed by atoms with Crippen LogP contribution in [0.1, 0.15) is 34.1 Å². The third-order valence-corrected chi connectivity index (χ3v) is 1.68. The molecule has 94 valence electrons. The normalized spacial score (nSPS) is 15.1. The average molecular weight is 233 g/mol. The van der Waals surface area contributed by atoms with Crippen LogP contribution in [0.2, 0.25) is 0 Å². The molecule has 0 heterocycles. The average Bonchev–Trinajstić information content (AvgIpc) is 1.97. The summed E-state index contributed by atoms with van der Waals surface area (Å²) < 4.78 is 4.95. The Hall–Kier alpha value is -1.30. The van der Waals surface area contributed by atoms with Crippen LogP contribution < -0.4 is 5.32 Å². The number of carboxylic acid groups (broad SMARTS) is 1. The van der Waals surface area contributed by atoms with Gasteiger partial charge >= 0.3 is 12.1 Å². The van der Waals surface area contributed by atoms with Gasteiger partial charge in [-0.05, 0) is 27.7 Å². The topological polar surface area (TPSA) is 95.9 Å². The lowest BCUT2D eigenvalue weighted by molar-refractivity contribution is -0.138. The van der Waals surface area contributed by atoms with Crippen LogP contribution in [0.3, 0.4) is 0 Å². The number of carbonyl (C=O) groups excluding carboxylic acids is 1. The van der Waals surface area contributed by atoms with Crippen molar-refractivity contribution in [2.24, 2.45) is 0 Å². The van der Waals surface area contributed by atoms with Crippen LogP contribution in [0.4, 0.5) is 4.79 Å². The zero-order valence-corrected chi connectivity index (χ0v) is 9.98. The summed E-state index contributed by atoms with van der Waals surface area (Å²) >= 11 is 0. The number of carbonyl (C=O) groups is 2. The molecule has 0 saturated carbocycles. The molecule has 0 fully saturated rings. The van der Waals surface area contributed by atoms with Gasteiger partial charge in [0.25, 0.3) is 0 Å². The molecule has 0 radical (unpaired) electrons. The number of amides is 1. The summed E-state index contributed by atoms with van der Waals surface area (Å²) in [5.41, 5.74) is -0.656. The highest BCUT2D eigenvalue weighted by molar-refractivity contribution is 5.71. The number of rotatable bonds is 4. The van der Waals surface area contributed by atoms with Crippen LogP contribution >= 0.6 is 0 Å². The number of hydrogen-bond donors (Lipinski definition) is 3. The second kappa shape index (κ2) is 5.69. The van der Waals surface area contributed by atoms with Crippen LogP contribution in [0, 0.1) is 0 Å². The van der Waals surface area contributed by atoms with E-state index >= 15 is 0 Å². The first kappa shape index (κ1) is 14.7. The molecule has 0 bridgehead atoms. The van der Waals surface area contributed by atoms with E-state index in [9.17, 15) is 14.7 Å². The SMILES string of the molecule is C[C@@H](O)[C@@H](CC(=O)O)NC(=O)OC(C)(C)C. The van der Waals surface area contributed by atoms with Gasteiger partial charge in [-0.3, -0.25) is 4.79 Å². The minimum atomic E-state index is -1.10. The molecule has 1 amide bonds.